The molecule has 2 aromatic rings. The first-order valence-corrected chi connectivity index (χ1v) is 8.34. The van der Waals surface area contributed by atoms with Gasteiger partial charge in [-0.05, 0) is 61.1 Å². The third-order valence-corrected chi connectivity index (χ3v) is 4.10. The van der Waals surface area contributed by atoms with Crippen molar-refractivity contribution in [2.45, 2.75) is 6.92 Å². The van der Waals surface area contributed by atoms with E-state index in [-0.39, 0.29) is 17.6 Å². The van der Waals surface area contributed by atoms with Crippen LogP contribution in [-0.4, -0.2) is 17.6 Å². The Labute approximate surface area is 160 Å². The fraction of sp³-hybridized carbons (Fsp3) is 0.125. The highest BCUT2D eigenvalue weighted by atomic mass is 35.5. The molecule has 0 aromatic heterocycles. The van der Waals surface area contributed by atoms with Crippen molar-refractivity contribution in [3.05, 3.63) is 57.0 Å². The highest BCUT2D eigenvalue weighted by Crippen LogP contribution is 2.25. The second kappa shape index (κ2) is 8.53. The Morgan fingerprint density at radius 2 is 1.88 bits per heavy atom. The van der Waals surface area contributed by atoms with Gasteiger partial charge < -0.3 is 10.1 Å². The van der Waals surface area contributed by atoms with E-state index in [9.17, 15) is 4.79 Å². The van der Waals surface area contributed by atoms with Crippen molar-refractivity contribution in [1.82, 2.24) is 5.32 Å². The number of thiocarbonyl (C=S) groups is 1. The number of ether oxygens (including phenoxy) is 1. The number of carbonyl (C=O) groups is 1. The monoisotopic (exact) mass is 402 g/mol. The summed E-state index contributed by atoms with van der Waals surface area (Å²) in [5, 5.41) is 6.92. The van der Waals surface area contributed by atoms with Crippen LogP contribution in [0, 0.1) is 6.92 Å². The first-order chi connectivity index (χ1) is 11.3. The van der Waals surface area contributed by atoms with E-state index in [0.717, 1.165) is 5.56 Å². The zero-order chi connectivity index (χ0) is 17.7. The van der Waals surface area contributed by atoms with Crippen LogP contribution in [0.2, 0.25) is 15.1 Å². The minimum atomic E-state index is -0.387. The first kappa shape index (κ1) is 18.8. The van der Waals surface area contributed by atoms with Crippen molar-refractivity contribution >= 4 is 63.7 Å². The van der Waals surface area contributed by atoms with Crippen LogP contribution in [0.25, 0.3) is 0 Å². The molecule has 24 heavy (non-hydrogen) atoms. The summed E-state index contributed by atoms with van der Waals surface area (Å²) in [6.07, 6.45) is 0. The molecule has 0 bridgehead atoms. The van der Waals surface area contributed by atoms with Crippen LogP contribution in [0.1, 0.15) is 5.56 Å². The Kier molecular flexibility index (Phi) is 6.69. The van der Waals surface area contributed by atoms with Crippen molar-refractivity contribution in [2.24, 2.45) is 0 Å². The van der Waals surface area contributed by atoms with Crippen molar-refractivity contribution < 1.29 is 9.53 Å². The third kappa shape index (κ3) is 5.53. The molecule has 126 valence electrons. The summed E-state index contributed by atoms with van der Waals surface area (Å²) in [7, 11) is 0. The molecule has 4 nitrogen and oxygen atoms in total. The van der Waals surface area contributed by atoms with Crippen LogP contribution in [-0.2, 0) is 4.79 Å². The normalized spacial score (nSPS) is 10.2. The number of hydrogen-bond acceptors (Lipinski definition) is 3. The van der Waals surface area contributed by atoms with E-state index in [0.29, 0.717) is 26.5 Å². The van der Waals surface area contributed by atoms with Gasteiger partial charge in [-0.1, -0.05) is 34.8 Å². The Morgan fingerprint density at radius 1 is 1.12 bits per heavy atom. The number of amides is 1. The van der Waals surface area contributed by atoms with Gasteiger partial charge in [0.2, 0.25) is 0 Å². The van der Waals surface area contributed by atoms with Gasteiger partial charge in [-0.2, -0.15) is 0 Å². The van der Waals surface area contributed by atoms with Crippen LogP contribution in [0.5, 0.6) is 5.75 Å². The number of aryl methyl sites for hydroxylation is 1. The largest absolute Gasteiger partial charge is 0.483 e. The molecular weight excluding hydrogens is 391 g/mol. The molecule has 1 amide bonds. The highest BCUT2D eigenvalue weighted by Gasteiger charge is 2.08. The maximum Gasteiger partial charge on any atom is 0.264 e. The summed E-state index contributed by atoms with van der Waals surface area (Å²) in [5.74, 6) is 0.194. The molecule has 0 aliphatic heterocycles. The average Bonchev–Trinajstić information content (AvgIpc) is 2.50. The Bertz CT molecular complexity index is 784. The van der Waals surface area contributed by atoms with Gasteiger partial charge in [0, 0.05) is 10.7 Å². The molecule has 0 heterocycles. The van der Waals surface area contributed by atoms with E-state index in [1.165, 1.54) is 0 Å². The molecule has 0 saturated carbocycles. The molecule has 2 rings (SSSR count). The molecular formula is C16H13Cl3N2O2S. The number of carbonyl (C=O) groups excluding carboxylic acids is 1. The van der Waals surface area contributed by atoms with E-state index in [4.69, 9.17) is 51.8 Å². The van der Waals surface area contributed by atoms with Gasteiger partial charge in [0.1, 0.15) is 5.75 Å². The summed E-state index contributed by atoms with van der Waals surface area (Å²) in [6, 6.07) is 10.1. The van der Waals surface area contributed by atoms with Crippen LogP contribution < -0.4 is 15.4 Å². The Balaban J connectivity index is 1.85. The molecule has 8 heteroatoms. The molecule has 0 aliphatic carbocycles. The second-order valence-electron chi connectivity index (χ2n) is 4.83. The minimum Gasteiger partial charge on any atom is -0.483 e. The van der Waals surface area contributed by atoms with Crippen molar-refractivity contribution in [2.75, 3.05) is 11.9 Å². The van der Waals surface area contributed by atoms with Gasteiger partial charge in [0.15, 0.2) is 11.7 Å². The van der Waals surface area contributed by atoms with Crippen LogP contribution in [0.15, 0.2) is 36.4 Å². The highest BCUT2D eigenvalue weighted by molar-refractivity contribution is 7.80. The predicted octanol–water partition coefficient (Wildman–Crippen LogP) is 4.85. The van der Waals surface area contributed by atoms with E-state index in [2.05, 4.69) is 10.6 Å². The van der Waals surface area contributed by atoms with Crippen molar-refractivity contribution in [1.29, 1.82) is 0 Å². The van der Waals surface area contributed by atoms with Gasteiger partial charge in [-0.15, -0.1) is 0 Å². The lowest BCUT2D eigenvalue weighted by molar-refractivity contribution is -0.121. The smallest absolute Gasteiger partial charge is 0.264 e. The maximum absolute atomic E-state index is 11.9. The number of rotatable bonds is 4. The van der Waals surface area contributed by atoms with E-state index >= 15 is 0 Å². The quantitative estimate of drug-likeness (QED) is 0.717. The molecule has 2 N–H and O–H groups in total. The Morgan fingerprint density at radius 3 is 2.54 bits per heavy atom. The lowest BCUT2D eigenvalue weighted by atomic mass is 10.2. The maximum atomic E-state index is 11.9. The molecule has 0 saturated heterocycles. The summed E-state index contributed by atoms with van der Waals surface area (Å²) in [5.41, 5.74) is 1.45. The summed E-state index contributed by atoms with van der Waals surface area (Å²) in [6.45, 7) is 1.67. The predicted molar refractivity (Wildman–Crippen MR) is 103 cm³/mol. The molecule has 0 fully saturated rings. The molecule has 0 aliphatic rings. The third-order valence-electron chi connectivity index (χ3n) is 2.93. The summed E-state index contributed by atoms with van der Waals surface area (Å²) in [4.78, 5) is 11.9. The lowest BCUT2D eigenvalue weighted by Gasteiger charge is -2.12. The second-order valence-corrected chi connectivity index (χ2v) is 6.49. The number of benzene rings is 2. The van der Waals surface area contributed by atoms with E-state index < -0.39 is 0 Å². The zero-order valence-electron chi connectivity index (χ0n) is 12.5. The molecule has 0 unspecified atom stereocenters. The van der Waals surface area contributed by atoms with Gasteiger partial charge in [0.05, 0.1) is 10.0 Å². The van der Waals surface area contributed by atoms with Gasteiger partial charge in [-0.25, -0.2) is 0 Å². The standard InChI is InChI=1S/C16H13Cl3N2O2S/c1-9-6-10(17)2-5-14(9)23-8-15(22)21-16(24)20-11-3-4-12(18)13(19)7-11/h2-7H,8H2,1H3,(H2,20,21,22,24). The van der Waals surface area contributed by atoms with E-state index in [1.54, 1.807) is 36.4 Å². The van der Waals surface area contributed by atoms with Crippen LogP contribution in [0.4, 0.5) is 5.69 Å². The number of hydrogen-bond donors (Lipinski definition) is 2. The first-order valence-electron chi connectivity index (χ1n) is 6.80. The van der Waals surface area contributed by atoms with Crippen molar-refractivity contribution in [3.63, 3.8) is 0 Å². The lowest BCUT2D eigenvalue weighted by Crippen LogP contribution is -2.37. The minimum absolute atomic E-state index is 0.134. The SMILES string of the molecule is Cc1cc(Cl)ccc1OCC(=O)NC(=S)Nc1ccc(Cl)c(Cl)c1. The van der Waals surface area contributed by atoms with Crippen molar-refractivity contribution in [3.8, 4) is 5.75 Å². The fourth-order valence-corrected chi connectivity index (χ4v) is 2.57. The van der Waals surface area contributed by atoms with Gasteiger partial charge in [0.25, 0.3) is 5.91 Å². The van der Waals surface area contributed by atoms with E-state index in [1.807, 2.05) is 6.92 Å². The van der Waals surface area contributed by atoms with Crippen LogP contribution >= 0.6 is 47.0 Å². The molecule has 0 radical (unpaired) electrons. The molecule has 0 atom stereocenters. The van der Waals surface area contributed by atoms with Gasteiger partial charge in [-0.3, -0.25) is 10.1 Å². The Hall–Kier alpha value is -1.53. The average molecular weight is 404 g/mol. The fourth-order valence-electron chi connectivity index (χ4n) is 1.82. The topological polar surface area (TPSA) is 50.4 Å². The van der Waals surface area contributed by atoms with Crippen LogP contribution in [0.3, 0.4) is 0 Å². The molecule has 2 aromatic carbocycles. The number of halogens is 3. The summed E-state index contributed by atoms with van der Waals surface area (Å²) >= 11 is 22.7. The van der Waals surface area contributed by atoms with Gasteiger partial charge >= 0.3 is 0 Å². The number of anilines is 1. The zero-order valence-corrected chi connectivity index (χ0v) is 15.6. The molecule has 0 spiro atoms. The summed E-state index contributed by atoms with van der Waals surface area (Å²) < 4.78 is 5.44. The number of nitrogens with one attached hydrogen (secondary N) is 2.